The van der Waals surface area contributed by atoms with Crippen molar-refractivity contribution in [3.63, 3.8) is 0 Å². The first-order chi connectivity index (χ1) is 7.75. The normalized spacial score (nSPS) is 26.3. The number of aryl methyl sites for hydroxylation is 1. The van der Waals surface area contributed by atoms with Gasteiger partial charge in [-0.3, -0.25) is 0 Å². The van der Waals surface area contributed by atoms with Crippen LogP contribution in [0.1, 0.15) is 36.6 Å². The largest absolute Gasteiger partial charge is 0.486 e. The molecule has 2 unspecified atom stereocenters. The highest BCUT2D eigenvalue weighted by Gasteiger charge is 2.42. The van der Waals surface area contributed by atoms with E-state index in [0.717, 1.165) is 11.1 Å². The molecule has 0 amide bonds. The zero-order chi connectivity index (χ0) is 13.0. The minimum Gasteiger partial charge on any atom is -0.486 e. The Morgan fingerprint density at radius 2 is 2.00 bits per heavy atom. The fraction of sp³-hybridized carbons (Fsp3) is 0.538. The van der Waals surface area contributed by atoms with E-state index in [0.29, 0.717) is 16.3 Å². The van der Waals surface area contributed by atoms with Crippen LogP contribution in [0, 0.1) is 13.8 Å². The van der Waals surface area contributed by atoms with Gasteiger partial charge in [0, 0.05) is 10.6 Å². The van der Waals surface area contributed by atoms with Crippen LogP contribution in [0.5, 0.6) is 5.75 Å². The Kier molecular flexibility index (Phi) is 2.89. The van der Waals surface area contributed by atoms with E-state index in [1.807, 2.05) is 33.8 Å². The lowest BCUT2D eigenvalue weighted by Gasteiger charge is -2.41. The van der Waals surface area contributed by atoms with Gasteiger partial charge in [0.2, 0.25) is 0 Å². The van der Waals surface area contributed by atoms with Crippen molar-refractivity contribution in [2.45, 2.75) is 45.4 Å². The molecule has 0 saturated carbocycles. The van der Waals surface area contributed by atoms with Gasteiger partial charge in [-0.1, -0.05) is 11.6 Å². The van der Waals surface area contributed by atoms with Crippen LogP contribution in [-0.2, 0) is 0 Å². The Balaban J connectivity index is 2.65. The number of benzene rings is 1. The number of rotatable bonds is 0. The van der Waals surface area contributed by atoms with Crippen LogP contribution in [-0.4, -0.2) is 16.7 Å². The van der Waals surface area contributed by atoms with Crippen LogP contribution in [0.3, 0.4) is 0 Å². The molecule has 2 atom stereocenters. The summed E-state index contributed by atoms with van der Waals surface area (Å²) in [6, 6.07) is 1.40. The van der Waals surface area contributed by atoms with Crippen molar-refractivity contribution in [3.8, 4) is 5.75 Å². The molecule has 1 aliphatic heterocycles. The van der Waals surface area contributed by atoms with Crippen LogP contribution in [0.25, 0.3) is 0 Å². The molecule has 0 spiro atoms. The van der Waals surface area contributed by atoms with E-state index in [-0.39, 0.29) is 0 Å². The lowest BCUT2D eigenvalue weighted by atomic mass is 9.84. The summed E-state index contributed by atoms with van der Waals surface area (Å²) in [6.07, 6.45) is -0.744. The first kappa shape index (κ1) is 12.7. The van der Waals surface area contributed by atoms with E-state index in [1.165, 1.54) is 0 Å². The van der Waals surface area contributed by atoms with Gasteiger partial charge in [-0.2, -0.15) is 0 Å². The fourth-order valence-corrected chi connectivity index (χ4v) is 2.46. The zero-order valence-corrected chi connectivity index (χ0v) is 11.3. The van der Waals surface area contributed by atoms with Crippen molar-refractivity contribution < 1.29 is 9.84 Å². The second-order valence-electron chi connectivity index (χ2n) is 5.22. The molecule has 0 fully saturated rings. The van der Waals surface area contributed by atoms with E-state index in [4.69, 9.17) is 22.1 Å². The lowest BCUT2D eigenvalue weighted by Crippen LogP contribution is -2.54. The van der Waals surface area contributed by atoms with Crippen LogP contribution in [0.2, 0.25) is 5.02 Å². The van der Waals surface area contributed by atoms with Gasteiger partial charge >= 0.3 is 0 Å². The third-order valence-corrected chi connectivity index (χ3v) is 4.09. The van der Waals surface area contributed by atoms with Gasteiger partial charge < -0.3 is 15.6 Å². The monoisotopic (exact) mass is 255 g/mol. The number of nitrogens with two attached hydrogens (primary N) is 1. The van der Waals surface area contributed by atoms with Crippen molar-refractivity contribution in [1.82, 2.24) is 0 Å². The smallest absolute Gasteiger partial charge is 0.126 e. The molecule has 1 heterocycles. The molecule has 0 saturated heterocycles. The van der Waals surface area contributed by atoms with Crippen LogP contribution in [0.4, 0.5) is 0 Å². The number of hydrogen-bond acceptors (Lipinski definition) is 3. The average Bonchev–Trinajstić information content (AvgIpc) is 2.22. The number of fused-ring (bicyclic) bond motifs is 1. The molecule has 3 N–H and O–H groups in total. The summed E-state index contributed by atoms with van der Waals surface area (Å²) in [6.45, 7) is 7.56. The van der Waals surface area contributed by atoms with Gasteiger partial charge in [0.05, 0.1) is 6.04 Å². The highest BCUT2D eigenvalue weighted by molar-refractivity contribution is 6.32. The van der Waals surface area contributed by atoms with Crippen LogP contribution < -0.4 is 10.5 Å². The van der Waals surface area contributed by atoms with Crippen LogP contribution in [0.15, 0.2) is 6.07 Å². The Morgan fingerprint density at radius 3 is 2.59 bits per heavy atom. The van der Waals surface area contributed by atoms with Crippen molar-refractivity contribution in [1.29, 1.82) is 0 Å². The lowest BCUT2D eigenvalue weighted by molar-refractivity contribution is -0.0121. The van der Waals surface area contributed by atoms with E-state index >= 15 is 0 Å². The number of ether oxygens (including phenoxy) is 1. The van der Waals surface area contributed by atoms with E-state index < -0.39 is 17.7 Å². The van der Waals surface area contributed by atoms with Gasteiger partial charge in [-0.25, -0.2) is 0 Å². The Bertz CT molecular complexity index is 471. The van der Waals surface area contributed by atoms with Crippen LogP contribution >= 0.6 is 11.6 Å². The van der Waals surface area contributed by atoms with E-state index in [2.05, 4.69) is 0 Å². The molecule has 0 aliphatic carbocycles. The molecule has 94 valence electrons. The zero-order valence-electron chi connectivity index (χ0n) is 10.5. The quantitative estimate of drug-likeness (QED) is 0.749. The molecule has 0 aromatic heterocycles. The minimum absolute atomic E-state index is 0.465. The maximum absolute atomic E-state index is 10.3. The first-order valence-electron chi connectivity index (χ1n) is 5.68. The molecule has 1 aromatic carbocycles. The molecular weight excluding hydrogens is 238 g/mol. The second-order valence-corrected chi connectivity index (χ2v) is 5.60. The summed E-state index contributed by atoms with van der Waals surface area (Å²) in [7, 11) is 0. The van der Waals surface area contributed by atoms with Gasteiger partial charge in [-0.15, -0.1) is 0 Å². The molecule has 1 aliphatic rings. The molecular formula is C13H18ClNO2. The van der Waals surface area contributed by atoms with Crippen molar-refractivity contribution in [2.24, 2.45) is 5.73 Å². The maximum atomic E-state index is 10.3. The topological polar surface area (TPSA) is 55.5 Å². The van der Waals surface area contributed by atoms with Gasteiger partial charge in [0.1, 0.15) is 17.5 Å². The number of aliphatic hydroxyl groups is 1. The summed E-state index contributed by atoms with van der Waals surface area (Å²) in [5, 5.41) is 11.0. The van der Waals surface area contributed by atoms with Gasteiger partial charge in [-0.05, 0) is 44.9 Å². The van der Waals surface area contributed by atoms with E-state index in [9.17, 15) is 5.11 Å². The molecule has 3 nitrogen and oxygen atoms in total. The van der Waals surface area contributed by atoms with Crippen molar-refractivity contribution >= 4 is 11.6 Å². The van der Waals surface area contributed by atoms with Crippen molar-refractivity contribution in [2.75, 3.05) is 0 Å². The minimum atomic E-state index is -0.744. The van der Waals surface area contributed by atoms with Crippen molar-refractivity contribution in [3.05, 3.63) is 27.8 Å². The number of halogens is 1. The second kappa shape index (κ2) is 3.87. The Morgan fingerprint density at radius 1 is 1.41 bits per heavy atom. The van der Waals surface area contributed by atoms with Gasteiger partial charge in [0.25, 0.3) is 0 Å². The first-order valence-corrected chi connectivity index (χ1v) is 6.05. The summed E-state index contributed by atoms with van der Waals surface area (Å²) < 4.78 is 5.87. The molecule has 0 radical (unpaired) electrons. The third-order valence-electron chi connectivity index (χ3n) is 3.50. The number of hydrogen-bond donors (Lipinski definition) is 2. The summed E-state index contributed by atoms with van der Waals surface area (Å²) in [4.78, 5) is 0. The highest BCUT2D eigenvalue weighted by Crippen LogP contribution is 2.43. The highest BCUT2D eigenvalue weighted by atomic mass is 35.5. The molecule has 1 aromatic rings. The Hall–Kier alpha value is -0.770. The third kappa shape index (κ3) is 1.82. The standard InChI is InChI=1S/C13H18ClNO2/c1-6-5-8-9(7(2)10(6)14)11(16)12(15)13(3,4)17-8/h5,11-12,16H,15H2,1-4H3. The molecule has 2 rings (SSSR count). The summed E-state index contributed by atoms with van der Waals surface area (Å²) >= 11 is 6.19. The average molecular weight is 256 g/mol. The fourth-order valence-electron chi connectivity index (χ4n) is 2.30. The SMILES string of the molecule is Cc1cc2c(c(C)c1Cl)C(O)C(N)C(C)(C)O2. The molecule has 4 heteroatoms. The molecule has 17 heavy (non-hydrogen) atoms. The predicted molar refractivity (Wildman–Crippen MR) is 68.6 cm³/mol. The molecule has 0 bridgehead atoms. The number of aliphatic hydroxyl groups excluding tert-OH is 1. The van der Waals surface area contributed by atoms with Gasteiger partial charge in [0.15, 0.2) is 0 Å². The predicted octanol–water partition coefficient (Wildman–Crippen LogP) is 2.49. The summed E-state index contributed by atoms with van der Waals surface area (Å²) in [5.74, 6) is 0.684. The Labute approximate surface area is 107 Å². The van der Waals surface area contributed by atoms with E-state index in [1.54, 1.807) is 0 Å². The maximum Gasteiger partial charge on any atom is 0.126 e. The summed E-state index contributed by atoms with van der Waals surface area (Å²) in [5.41, 5.74) is 7.93.